The molecule has 0 aliphatic carbocycles. The lowest BCUT2D eigenvalue weighted by Crippen LogP contribution is -2.35. The second kappa shape index (κ2) is 6.06. The van der Waals surface area contributed by atoms with Gasteiger partial charge in [0.15, 0.2) is 0 Å². The summed E-state index contributed by atoms with van der Waals surface area (Å²) in [6.45, 7) is 2.96. The molecular weight excluding hydrogens is 200 g/mol. The molecule has 90 valence electrons. The summed E-state index contributed by atoms with van der Waals surface area (Å²) in [5.74, 6) is 1.02. The number of likely N-dealkylation sites (tertiary alicyclic amines) is 1. The van der Waals surface area contributed by atoms with Crippen molar-refractivity contribution in [1.82, 2.24) is 4.90 Å². The third kappa shape index (κ3) is 2.86. The molecule has 0 saturated carbocycles. The molecule has 1 aliphatic heterocycles. The lowest BCUT2D eigenvalue weighted by atomic mass is 10.1. The standard InChI is InChI=1S/C13H22N2O/c14-11-12(13-7-6-10-16-13)15-8-4-2-1-3-5-9-15/h6-7,10,12H,1-5,8-9,11,14H2. The Balaban J connectivity index is 2.01. The van der Waals surface area contributed by atoms with E-state index in [0.29, 0.717) is 6.54 Å². The van der Waals surface area contributed by atoms with Gasteiger partial charge in [0.25, 0.3) is 0 Å². The fourth-order valence-corrected chi connectivity index (χ4v) is 2.51. The predicted octanol–water partition coefficient (Wildman–Crippen LogP) is 2.55. The molecule has 0 bridgehead atoms. The van der Waals surface area contributed by atoms with Gasteiger partial charge in [0.05, 0.1) is 12.3 Å². The molecule has 1 aromatic heterocycles. The highest BCUT2D eigenvalue weighted by Gasteiger charge is 2.21. The van der Waals surface area contributed by atoms with E-state index in [1.54, 1.807) is 6.26 Å². The van der Waals surface area contributed by atoms with Crippen LogP contribution < -0.4 is 5.73 Å². The second-order valence-electron chi connectivity index (χ2n) is 4.57. The summed E-state index contributed by atoms with van der Waals surface area (Å²) < 4.78 is 5.49. The Morgan fingerprint density at radius 1 is 1.19 bits per heavy atom. The van der Waals surface area contributed by atoms with Crippen molar-refractivity contribution < 1.29 is 4.42 Å². The zero-order chi connectivity index (χ0) is 11.2. The minimum Gasteiger partial charge on any atom is -0.468 e. The Labute approximate surface area is 97.6 Å². The minimum absolute atomic E-state index is 0.271. The van der Waals surface area contributed by atoms with Gasteiger partial charge in [-0.15, -0.1) is 0 Å². The predicted molar refractivity (Wildman–Crippen MR) is 65.2 cm³/mol. The maximum Gasteiger partial charge on any atom is 0.122 e. The van der Waals surface area contributed by atoms with Gasteiger partial charge in [0.1, 0.15) is 5.76 Å². The summed E-state index contributed by atoms with van der Waals surface area (Å²) in [5.41, 5.74) is 5.88. The van der Waals surface area contributed by atoms with Crippen LogP contribution in [0.2, 0.25) is 0 Å². The fraction of sp³-hybridized carbons (Fsp3) is 0.692. The van der Waals surface area contributed by atoms with Crippen molar-refractivity contribution in [2.45, 2.75) is 38.1 Å². The molecule has 2 N–H and O–H groups in total. The quantitative estimate of drug-likeness (QED) is 0.854. The lowest BCUT2D eigenvalue weighted by Gasteiger charge is -2.30. The summed E-state index contributed by atoms with van der Waals surface area (Å²) in [5, 5.41) is 0. The van der Waals surface area contributed by atoms with Crippen molar-refractivity contribution in [2.75, 3.05) is 19.6 Å². The van der Waals surface area contributed by atoms with Crippen LogP contribution in [-0.4, -0.2) is 24.5 Å². The first-order chi connectivity index (χ1) is 7.92. The second-order valence-corrected chi connectivity index (χ2v) is 4.57. The first-order valence-electron chi connectivity index (χ1n) is 6.39. The van der Waals surface area contributed by atoms with Crippen molar-refractivity contribution in [3.63, 3.8) is 0 Å². The van der Waals surface area contributed by atoms with Gasteiger partial charge >= 0.3 is 0 Å². The number of nitrogens with two attached hydrogens (primary N) is 1. The molecule has 2 heterocycles. The van der Waals surface area contributed by atoms with Gasteiger partial charge in [0.2, 0.25) is 0 Å². The van der Waals surface area contributed by atoms with Crippen LogP contribution in [0.15, 0.2) is 22.8 Å². The van der Waals surface area contributed by atoms with E-state index < -0.39 is 0 Å². The molecule has 0 amide bonds. The first kappa shape index (κ1) is 11.7. The van der Waals surface area contributed by atoms with Crippen molar-refractivity contribution >= 4 is 0 Å². The van der Waals surface area contributed by atoms with E-state index in [1.165, 1.54) is 32.1 Å². The Hall–Kier alpha value is -0.800. The Kier molecular flexibility index (Phi) is 4.43. The molecule has 16 heavy (non-hydrogen) atoms. The van der Waals surface area contributed by atoms with Crippen LogP contribution >= 0.6 is 0 Å². The molecule has 2 rings (SSSR count). The molecule has 0 spiro atoms. The molecule has 1 aromatic rings. The summed E-state index contributed by atoms with van der Waals surface area (Å²) in [7, 11) is 0. The van der Waals surface area contributed by atoms with Crippen molar-refractivity contribution in [3.8, 4) is 0 Å². The van der Waals surface area contributed by atoms with Crippen LogP contribution in [-0.2, 0) is 0 Å². The van der Waals surface area contributed by atoms with E-state index in [9.17, 15) is 0 Å². The number of hydrogen-bond acceptors (Lipinski definition) is 3. The number of rotatable bonds is 3. The fourth-order valence-electron chi connectivity index (χ4n) is 2.51. The maximum atomic E-state index is 5.88. The highest BCUT2D eigenvalue weighted by atomic mass is 16.3. The maximum absolute atomic E-state index is 5.88. The smallest absolute Gasteiger partial charge is 0.122 e. The zero-order valence-corrected chi connectivity index (χ0v) is 9.90. The van der Waals surface area contributed by atoms with Gasteiger partial charge in [0, 0.05) is 6.54 Å². The first-order valence-corrected chi connectivity index (χ1v) is 6.39. The van der Waals surface area contributed by atoms with Crippen LogP contribution in [0.1, 0.15) is 43.9 Å². The molecule has 1 saturated heterocycles. The topological polar surface area (TPSA) is 42.4 Å². The molecule has 3 nitrogen and oxygen atoms in total. The number of furan rings is 1. The summed E-state index contributed by atoms with van der Waals surface area (Å²) in [6.07, 6.45) is 8.41. The van der Waals surface area contributed by atoms with E-state index in [0.717, 1.165) is 18.8 Å². The molecule has 3 heteroatoms. The van der Waals surface area contributed by atoms with Crippen LogP contribution in [0.4, 0.5) is 0 Å². The third-order valence-corrected chi connectivity index (χ3v) is 3.43. The summed E-state index contributed by atoms with van der Waals surface area (Å²) >= 11 is 0. The molecule has 0 aromatic carbocycles. The van der Waals surface area contributed by atoms with Gasteiger partial charge in [-0.2, -0.15) is 0 Å². The number of nitrogens with zero attached hydrogens (tertiary/aromatic N) is 1. The minimum atomic E-state index is 0.271. The van der Waals surface area contributed by atoms with Crippen LogP contribution in [0, 0.1) is 0 Å². The SMILES string of the molecule is NCC(c1ccco1)N1CCCCCCC1. The van der Waals surface area contributed by atoms with Crippen LogP contribution in [0.25, 0.3) is 0 Å². The highest BCUT2D eigenvalue weighted by molar-refractivity contribution is 5.05. The van der Waals surface area contributed by atoms with E-state index in [1.807, 2.05) is 12.1 Å². The van der Waals surface area contributed by atoms with Crippen LogP contribution in [0.3, 0.4) is 0 Å². The largest absolute Gasteiger partial charge is 0.468 e. The van der Waals surface area contributed by atoms with Crippen molar-refractivity contribution in [1.29, 1.82) is 0 Å². The molecule has 1 unspecified atom stereocenters. The van der Waals surface area contributed by atoms with Gasteiger partial charge in [-0.3, -0.25) is 4.90 Å². The van der Waals surface area contributed by atoms with Gasteiger partial charge in [-0.05, 0) is 38.1 Å². The molecule has 0 radical (unpaired) electrons. The Morgan fingerprint density at radius 3 is 2.44 bits per heavy atom. The molecular formula is C13H22N2O. The molecule has 1 atom stereocenters. The molecule has 1 aliphatic rings. The third-order valence-electron chi connectivity index (χ3n) is 3.43. The Bertz CT molecular complexity index is 276. The average molecular weight is 222 g/mol. The monoisotopic (exact) mass is 222 g/mol. The summed E-state index contributed by atoms with van der Waals surface area (Å²) in [4.78, 5) is 2.48. The number of hydrogen-bond donors (Lipinski definition) is 1. The zero-order valence-electron chi connectivity index (χ0n) is 9.90. The lowest BCUT2D eigenvalue weighted by molar-refractivity contribution is 0.164. The van der Waals surface area contributed by atoms with E-state index in [2.05, 4.69) is 4.90 Å². The van der Waals surface area contributed by atoms with E-state index in [-0.39, 0.29) is 6.04 Å². The van der Waals surface area contributed by atoms with Crippen molar-refractivity contribution in [3.05, 3.63) is 24.2 Å². The van der Waals surface area contributed by atoms with E-state index >= 15 is 0 Å². The van der Waals surface area contributed by atoms with Gasteiger partial charge in [-0.1, -0.05) is 19.3 Å². The normalized spacial score (nSPS) is 21.3. The van der Waals surface area contributed by atoms with E-state index in [4.69, 9.17) is 10.2 Å². The Morgan fingerprint density at radius 2 is 1.88 bits per heavy atom. The average Bonchev–Trinajstić information content (AvgIpc) is 2.75. The van der Waals surface area contributed by atoms with Gasteiger partial charge in [-0.25, -0.2) is 0 Å². The highest BCUT2D eigenvalue weighted by Crippen LogP contribution is 2.23. The summed E-state index contributed by atoms with van der Waals surface area (Å²) in [6, 6.07) is 4.26. The van der Waals surface area contributed by atoms with Gasteiger partial charge < -0.3 is 10.2 Å². The van der Waals surface area contributed by atoms with Crippen LogP contribution in [0.5, 0.6) is 0 Å². The molecule has 1 fully saturated rings. The van der Waals surface area contributed by atoms with Crippen molar-refractivity contribution in [2.24, 2.45) is 5.73 Å².